The number of benzene rings is 2. The molecule has 146 valence electrons. The van der Waals surface area contributed by atoms with E-state index in [1.54, 1.807) is 43.5 Å². The van der Waals surface area contributed by atoms with E-state index in [-0.39, 0.29) is 17.7 Å². The van der Waals surface area contributed by atoms with Crippen molar-refractivity contribution in [2.24, 2.45) is 0 Å². The maximum atomic E-state index is 12.7. The van der Waals surface area contributed by atoms with Gasteiger partial charge in [-0.15, -0.1) is 0 Å². The fourth-order valence-electron chi connectivity index (χ4n) is 2.69. The summed E-state index contributed by atoms with van der Waals surface area (Å²) in [5, 5.41) is 0.303. The van der Waals surface area contributed by atoms with Crippen molar-refractivity contribution in [3.05, 3.63) is 61.9 Å². The topological polar surface area (TPSA) is 55.8 Å². The number of carbonyl (C=O) groups is 2. The summed E-state index contributed by atoms with van der Waals surface area (Å²) in [6.07, 6.45) is 1.68. The summed E-state index contributed by atoms with van der Waals surface area (Å²) in [6, 6.07) is 10.6. The van der Waals surface area contributed by atoms with Crippen molar-refractivity contribution in [1.82, 2.24) is 4.90 Å². The van der Waals surface area contributed by atoms with Crippen molar-refractivity contribution in [1.29, 1.82) is 0 Å². The Morgan fingerprint density at radius 3 is 2.57 bits per heavy atom. The van der Waals surface area contributed by atoms with Crippen molar-refractivity contribution in [3.63, 3.8) is 0 Å². The van der Waals surface area contributed by atoms with E-state index >= 15 is 0 Å². The Labute approximate surface area is 180 Å². The minimum atomic E-state index is -0.324. The highest BCUT2D eigenvalue weighted by molar-refractivity contribution is 9.10. The van der Waals surface area contributed by atoms with Crippen LogP contribution >= 0.6 is 39.3 Å². The fraction of sp³-hybridized carbons (Fsp3) is 0.200. The van der Waals surface area contributed by atoms with Crippen LogP contribution in [0.25, 0.3) is 6.08 Å². The molecule has 2 amide bonds. The molecule has 2 aromatic carbocycles. The second-order valence-corrected chi connectivity index (χ2v) is 8.15. The number of thioether (sulfide) groups is 1. The third-order valence-electron chi connectivity index (χ3n) is 3.96. The van der Waals surface area contributed by atoms with Gasteiger partial charge in [-0.2, -0.15) is 0 Å². The van der Waals surface area contributed by atoms with Crippen LogP contribution in [0.5, 0.6) is 11.5 Å². The molecule has 5 nitrogen and oxygen atoms in total. The van der Waals surface area contributed by atoms with Crippen LogP contribution in [0.2, 0.25) is 5.02 Å². The lowest BCUT2D eigenvalue weighted by Crippen LogP contribution is -2.27. The summed E-state index contributed by atoms with van der Waals surface area (Å²) in [6.45, 7) is 2.56. The van der Waals surface area contributed by atoms with Gasteiger partial charge in [-0.1, -0.05) is 23.7 Å². The highest BCUT2D eigenvalue weighted by Crippen LogP contribution is 2.39. The zero-order valence-corrected chi connectivity index (χ0v) is 18.4. The summed E-state index contributed by atoms with van der Waals surface area (Å²) < 4.78 is 11.7. The Morgan fingerprint density at radius 2 is 1.93 bits per heavy atom. The van der Waals surface area contributed by atoms with Crippen LogP contribution in [-0.2, 0) is 11.3 Å². The van der Waals surface area contributed by atoms with Crippen LogP contribution < -0.4 is 9.47 Å². The maximum Gasteiger partial charge on any atom is 0.293 e. The lowest BCUT2D eigenvalue weighted by Gasteiger charge is -2.13. The third kappa shape index (κ3) is 4.54. The van der Waals surface area contributed by atoms with E-state index in [9.17, 15) is 9.59 Å². The molecule has 0 aliphatic carbocycles. The first-order chi connectivity index (χ1) is 13.4. The number of amides is 2. The first kappa shape index (κ1) is 20.8. The van der Waals surface area contributed by atoms with Gasteiger partial charge in [0.2, 0.25) is 0 Å². The molecule has 2 aromatic rings. The van der Waals surface area contributed by atoms with Gasteiger partial charge < -0.3 is 9.47 Å². The van der Waals surface area contributed by atoms with Gasteiger partial charge in [0.05, 0.1) is 29.6 Å². The van der Waals surface area contributed by atoms with Crippen LogP contribution in [0.1, 0.15) is 18.1 Å². The van der Waals surface area contributed by atoms with Crippen molar-refractivity contribution in [2.75, 3.05) is 13.7 Å². The number of nitrogens with zero attached hydrogens (tertiary/aromatic N) is 1. The number of ether oxygens (including phenoxy) is 2. The Bertz CT molecular complexity index is 946. The van der Waals surface area contributed by atoms with Crippen LogP contribution in [0.4, 0.5) is 4.79 Å². The number of imide groups is 1. The molecule has 0 unspecified atom stereocenters. The van der Waals surface area contributed by atoms with Gasteiger partial charge in [0.25, 0.3) is 11.1 Å². The van der Waals surface area contributed by atoms with Crippen LogP contribution in [0, 0.1) is 0 Å². The van der Waals surface area contributed by atoms with E-state index in [2.05, 4.69) is 15.9 Å². The zero-order valence-electron chi connectivity index (χ0n) is 15.2. The largest absolute Gasteiger partial charge is 0.492 e. The Hall–Kier alpha value is -1.96. The minimum Gasteiger partial charge on any atom is -0.492 e. The SMILES string of the molecule is CCOc1cc(C=C2SC(=O)N(Cc3ccc(Cl)cc3)C2=O)cc(Br)c1OC. The molecule has 1 saturated heterocycles. The molecule has 0 radical (unpaired) electrons. The van der Waals surface area contributed by atoms with E-state index in [1.165, 1.54) is 4.90 Å². The first-order valence-corrected chi connectivity index (χ1v) is 10.4. The Kier molecular flexibility index (Phi) is 6.69. The second-order valence-electron chi connectivity index (χ2n) is 5.86. The van der Waals surface area contributed by atoms with Gasteiger partial charge in [0, 0.05) is 5.02 Å². The fourth-order valence-corrected chi connectivity index (χ4v) is 4.28. The summed E-state index contributed by atoms with van der Waals surface area (Å²) in [4.78, 5) is 26.7. The van der Waals surface area contributed by atoms with E-state index in [4.69, 9.17) is 21.1 Å². The molecular formula is C20H17BrClNO4S. The molecule has 1 aliphatic rings. The number of hydrogen-bond donors (Lipinski definition) is 0. The molecule has 0 bridgehead atoms. The monoisotopic (exact) mass is 481 g/mol. The quantitative estimate of drug-likeness (QED) is 0.491. The van der Waals surface area contributed by atoms with Crippen molar-refractivity contribution >= 4 is 56.5 Å². The summed E-state index contributed by atoms with van der Waals surface area (Å²) in [7, 11) is 1.56. The number of halogens is 2. The lowest BCUT2D eigenvalue weighted by molar-refractivity contribution is -0.123. The van der Waals surface area contributed by atoms with E-state index in [0.29, 0.717) is 32.5 Å². The summed E-state index contributed by atoms with van der Waals surface area (Å²) >= 11 is 10.3. The minimum absolute atomic E-state index is 0.204. The Balaban J connectivity index is 1.86. The first-order valence-electron chi connectivity index (χ1n) is 8.43. The molecule has 8 heteroatoms. The van der Waals surface area contributed by atoms with Gasteiger partial charge in [0.1, 0.15) is 0 Å². The standard InChI is InChI=1S/C20H17BrClNO4S/c1-3-27-16-9-13(8-15(21)18(16)26-2)10-17-19(24)23(20(25)28-17)11-12-4-6-14(22)7-5-12/h4-10H,3,11H2,1-2H3. The average molecular weight is 483 g/mol. The van der Waals surface area contributed by atoms with E-state index in [0.717, 1.165) is 22.9 Å². The molecular weight excluding hydrogens is 466 g/mol. The molecule has 28 heavy (non-hydrogen) atoms. The molecule has 0 saturated carbocycles. The Morgan fingerprint density at radius 1 is 1.21 bits per heavy atom. The van der Waals surface area contributed by atoms with Crippen LogP contribution in [0.3, 0.4) is 0 Å². The molecule has 0 spiro atoms. The predicted molar refractivity (Wildman–Crippen MR) is 115 cm³/mol. The summed E-state index contributed by atoms with van der Waals surface area (Å²) in [5.74, 6) is 0.815. The third-order valence-corrected chi connectivity index (χ3v) is 5.71. The van der Waals surface area contributed by atoms with Crippen molar-refractivity contribution in [2.45, 2.75) is 13.5 Å². The summed E-state index contributed by atoms with van der Waals surface area (Å²) in [5.41, 5.74) is 1.56. The van der Waals surface area contributed by atoms with E-state index in [1.807, 2.05) is 13.0 Å². The number of methoxy groups -OCH3 is 1. The van der Waals surface area contributed by atoms with E-state index < -0.39 is 0 Å². The van der Waals surface area contributed by atoms with Gasteiger partial charge in [-0.25, -0.2) is 0 Å². The zero-order chi connectivity index (χ0) is 20.3. The number of carbonyl (C=O) groups excluding carboxylic acids is 2. The molecule has 1 fully saturated rings. The van der Waals surface area contributed by atoms with Gasteiger partial charge in [-0.05, 0) is 76.1 Å². The van der Waals surface area contributed by atoms with Crippen molar-refractivity contribution < 1.29 is 19.1 Å². The molecule has 1 heterocycles. The van der Waals surface area contributed by atoms with Crippen molar-refractivity contribution in [3.8, 4) is 11.5 Å². The second kappa shape index (κ2) is 9.03. The average Bonchev–Trinajstić information content (AvgIpc) is 2.91. The van der Waals surface area contributed by atoms with Gasteiger partial charge in [0.15, 0.2) is 11.5 Å². The molecule has 0 atom stereocenters. The van der Waals surface area contributed by atoms with Gasteiger partial charge in [-0.3, -0.25) is 14.5 Å². The van der Waals surface area contributed by atoms with Crippen LogP contribution in [0.15, 0.2) is 45.8 Å². The van der Waals surface area contributed by atoms with Crippen LogP contribution in [-0.4, -0.2) is 29.8 Å². The smallest absolute Gasteiger partial charge is 0.293 e. The predicted octanol–water partition coefficient (Wildman–Crippen LogP) is 5.75. The maximum absolute atomic E-state index is 12.7. The van der Waals surface area contributed by atoms with Gasteiger partial charge >= 0.3 is 0 Å². The molecule has 1 aliphatic heterocycles. The number of hydrogen-bond acceptors (Lipinski definition) is 5. The molecule has 0 aromatic heterocycles. The molecule has 3 rings (SSSR count). The highest BCUT2D eigenvalue weighted by Gasteiger charge is 2.35. The lowest BCUT2D eigenvalue weighted by atomic mass is 10.1. The number of rotatable bonds is 6. The normalized spacial score (nSPS) is 15.4. The highest BCUT2D eigenvalue weighted by atomic mass is 79.9. The molecule has 0 N–H and O–H groups in total.